The molecule has 0 atom stereocenters. The highest BCUT2D eigenvalue weighted by Gasteiger charge is 2.24. The summed E-state index contributed by atoms with van der Waals surface area (Å²) in [6.45, 7) is 2.06. The summed E-state index contributed by atoms with van der Waals surface area (Å²) < 4.78 is 13.0. The Morgan fingerprint density at radius 3 is 2.38 bits per heavy atom. The number of halogens is 1. The molecule has 0 N–H and O–H groups in total. The average molecular weight is 288 g/mol. The Balaban J connectivity index is 2.41. The van der Waals surface area contributed by atoms with Gasteiger partial charge in [0, 0.05) is 18.3 Å². The van der Waals surface area contributed by atoms with Gasteiger partial charge in [-0.15, -0.1) is 0 Å². The lowest BCUT2D eigenvalue weighted by Crippen LogP contribution is -2.31. The van der Waals surface area contributed by atoms with Crippen LogP contribution in [-0.2, 0) is 0 Å². The number of nitro groups is 1. The van der Waals surface area contributed by atoms with E-state index in [2.05, 4.69) is 0 Å². The van der Waals surface area contributed by atoms with Crippen molar-refractivity contribution in [1.29, 1.82) is 0 Å². The number of hydrogen-bond donors (Lipinski definition) is 0. The second-order valence-corrected chi connectivity index (χ2v) is 4.30. The quantitative estimate of drug-likeness (QED) is 0.639. The zero-order valence-electron chi connectivity index (χ0n) is 11.3. The van der Waals surface area contributed by atoms with Gasteiger partial charge in [0.05, 0.1) is 4.92 Å². The van der Waals surface area contributed by atoms with E-state index in [1.807, 2.05) is 0 Å². The third-order valence-electron chi connectivity index (χ3n) is 3.03. The molecule has 0 heterocycles. The molecule has 0 radical (unpaired) electrons. The summed E-state index contributed by atoms with van der Waals surface area (Å²) in [7, 11) is 0. The highest BCUT2D eigenvalue weighted by atomic mass is 19.1. The summed E-state index contributed by atoms with van der Waals surface area (Å²) in [6, 6.07) is 11.2. The first-order valence-electron chi connectivity index (χ1n) is 6.35. The standard InChI is InChI=1S/C15H13FN2O3/c1-2-17(12-9-7-11(16)8-10-12)15(19)13-5-3-4-6-14(13)18(20)21/h3-10H,2H2,1H3. The van der Waals surface area contributed by atoms with Crippen LogP contribution in [0.25, 0.3) is 0 Å². The third kappa shape index (κ3) is 3.05. The van der Waals surface area contributed by atoms with Crippen LogP contribution in [0.4, 0.5) is 15.8 Å². The van der Waals surface area contributed by atoms with Crippen LogP contribution in [0.5, 0.6) is 0 Å². The second kappa shape index (κ2) is 6.13. The molecule has 5 nitrogen and oxygen atoms in total. The van der Waals surface area contributed by atoms with E-state index in [1.165, 1.54) is 47.4 Å². The predicted octanol–water partition coefficient (Wildman–Crippen LogP) is 3.40. The minimum Gasteiger partial charge on any atom is -0.308 e. The number of amides is 1. The fraction of sp³-hybridized carbons (Fsp3) is 0.133. The zero-order chi connectivity index (χ0) is 15.4. The Bertz CT molecular complexity index is 671. The van der Waals surface area contributed by atoms with E-state index < -0.39 is 16.6 Å². The molecule has 0 fully saturated rings. The molecule has 6 heteroatoms. The SMILES string of the molecule is CCN(C(=O)c1ccccc1[N+](=O)[O-])c1ccc(F)cc1. The molecule has 21 heavy (non-hydrogen) atoms. The summed E-state index contributed by atoms with van der Waals surface area (Å²) in [5.41, 5.74) is 0.249. The fourth-order valence-corrected chi connectivity index (χ4v) is 2.02. The number of benzene rings is 2. The molecule has 0 unspecified atom stereocenters. The van der Waals surface area contributed by atoms with Crippen LogP contribution >= 0.6 is 0 Å². The van der Waals surface area contributed by atoms with E-state index in [0.717, 1.165) is 0 Å². The number of hydrogen-bond acceptors (Lipinski definition) is 3. The topological polar surface area (TPSA) is 63.5 Å². The largest absolute Gasteiger partial charge is 0.308 e. The Kier molecular flexibility index (Phi) is 4.27. The lowest BCUT2D eigenvalue weighted by Gasteiger charge is -2.21. The molecule has 2 aromatic rings. The van der Waals surface area contributed by atoms with Crippen LogP contribution in [0.15, 0.2) is 48.5 Å². The van der Waals surface area contributed by atoms with E-state index in [0.29, 0.717) is 12.2 Å². The predicted molar refractivity (Wildman–Crippen MR) is 76.8 cm³/mol. The monoisotopic (exact) mass is 288 g/mol. The van der Waals surface area contributed by atoms with Crippen molar-refractivity contribution >= 4 is 17.3 Å². The molecular weight excluding hydrogens is 275 g/mol. The van der Waals surface area contributed by atoms with Crippen molar-refractivity contribution in [2.75, 3.05) is 11.4 Å². The maximum atomic E-state index is 13.0. The molecule has 2 rings (SSSR count). The van der Waals surface area contributed by atoms with Crippen molar-refractivity contribution in [2.45, 2.75) is 6.92 Å². The van der Waals surface area contributed by atoms with E-state index in [9.17, 15) is 19.3 Å². The van der Waals surface area contributed by atoms with Gasteiger partial charge in [-0.05, 0) is 37.3 Å². The highest BCUT2D eigenvalue weighted by Crippen LogP contribution is 2.23. The number of rotatable bonds is 4. The smallest absolute Gasteiger partial charge is 0.282 e. The molecule has 0 saturated carbocycles. The molecule has 0 aliphatic carbocycles. The van der Waals surface area contributed by atoms with Gasteiger partial charge in [0.15, 0.2) is 0 Å². The fourth-order valence-electron chi connectivity index (χ4n) is 2.02. The number of carbonyl (C=O) groups is 1. The second-order valence-electron chi connectivity index (χ2n) is 4.30. The van der Waals surface area contributed by atoms with Crippen molar-refractivity contribution < 1.29 is 14.1 Å². The van der Waals surface area contributed by atoms with Gasteiger partial charge < -0.3 is 4.90 Å². The number of nitro benzene ring substituents is 1. The Morgan fingerprint density at radius 2 is 1.81 bits per heavy atom. The maximum Gasteiger partial charge on any atom is 0.282 e. The molecule has 0 bridgehead atoms. The zero-order valence-corrected chi connectivity index (χ0v) is 11.3. The van der Waals surface area contributed by atoms with Crippen LogP contribution in [0, 0.1) is 15.9 Å². The lowest BCUT2D eigenvalue weighted by molar-refractivity contribution is -0.385. The van der Waals surface area contributed by atoms with Crippen LogP contribution in [-0.4, -0.2) is 17.4 Å². The molecular formula is C15H13FN2O3. The normalized spacial score (nSPS) is 10.2. The van der Waals surface area contributed by atoms with Crippen molar-refractivity contribution in [3.63, 3.8) is 0 Å². The van der Waals surface area contributed by atoms with Gasteiger partial charge in [-0.1, -0.05) is 12.1 Å². The first-order valence-corrected chi connectivity index (χ1v) is 6.35. The van der Waals surface area contributed by atoms with Crippen molar-refractivity contribution in [3.05, 3.63) is 70.0 Å². The van der Waals surface area contributed by atoms with Gasteiger partial charge in [0.1, 0.15) is 11.4 Å². The molecule has 108 valence electrons. The van der Waals surface area contributed by atoms with Gasteiger partial charge in [-0.2, -0.15) is 0 Å². The van der Waals surface area contributed by atoms with Gasteiger partial charge in [0.2, 0.25) is 0 Å². The molecule has 0 aromatic heterocycles. The Hall–Kier alpha value is -2.76. The summed E-state index contributed by atoms with van der Waals surface area (Å²) >= 11 is 0. The minimum absolute atomic E-state index is 0.00803. The molecule has 0 saturated heterocycles. The summed E-state index contributed by atoms with van der Waals surface area (Å²) in [4.78, 5) is 24.3. The third-order valence-corrected chi connectivity index (χ3v) is 3.03. The minimum atomic E-state index is -0.592. The first-order chi connectivity index (χ1) is 10.0. The molecule has 2 aromatic carbocycles. The van der Waals surface area contributed by atoms with Crippen LogP contribution < -0.4 is 4.90 Å². The van der Waals surface area contributed by atoms with Gasteiger partial charge in [-0.3, -0.25) is 14.9 Å². The number of nitrogens with zero attached hydrogens (tertiary/aromatic N) is 2. The van der Waals surface area contributed by atoms with Crippen LogP contribution in [0.2, 0.25) is 0 Å². The van der Waals surface area contributed by atoms with Crippen molar-refractivity contribution in [3.8, 4) is 0 Å². The number of carbonyl (C=O) groups excluding carboxylic acids is 1. The van der Waals surface area contributed by atoms with E-state index in [4.69, 9.17) is 0 Å². The van der Waals surface area contributed by atoms with Gasteiger partial charge in [-0.25, -0.2) is 4.39 Å². The van der Waals surface area contributed by atoms with Crippen LogP contribution in [0.3, 0.4) is 0 Å². The van der Waals surface area contributed by atoms with E-state index in [1.54, 1.807) is 13.0 Å². The summed E-state index contributed by atoms with van der Waals surface area (Å²) in [5, 5.41) is 11.0. The van der Waals surface area contributed by atoms with Gasteiger partial charge in [0.25, 0.3) is 11.6 Å². The van der Waals surface area contributed by atoms with Crippen LogP contribution in [0.1, 0.15) is 17.3 Å². The maximum absolute atomic E-state index is 13.0. The highest BCUT2D eigenvalue weighted by molar-refractivity contribution is 6.08. The molecule has 0 aliphatic heterocycles. The molecule has 0 aliphatic rings. The number of para-hydroxylation sites is 1. The summed E-state index contributed by atoms with van der Waals surface area (Å²) in [5.74, 6) is -0.899. The van der Waals surface area contributed by atoms with Crippen molar-refractivity contribution in [1.82, 2.24) is 0 Å². The van der Waals surface area contributed by atoms with E-state index >= 15 is 0 Å². The van der Waals surface area contributed by atoms with E-state index in [-0.39, 0.29) is 11.3 Å². The summed E-state index contributed by atoms with van der Waals surface area (Å²) in [6.07, 6.45) is 0. The number of anilines is 1. The molecule has 1 amide bonds. The Labute approximate surface area is 120 Å². The van der Waals surface area contributed by atoms with Gasteiger partial charge >= 0.3 is 0 Å². The Morgan fingerprint density at radius 1 is 1.19 bits per heavy atom. The average Bonchev–Trinajstić information content (AvgIpc) is 2.49. The van der Waals surface area contributed by atoms with Crippen molar-refractivity contribution in [2.24, 2.45) is 0 Å². The lowest BCUT2D eigenvalue weighted by atomic mass is 10.1. The molecule has 0 spiro atoms. The first kappa shape index (κ1) is 14.6.